The number of hydrogen-bond acceptors (Lipinski definition) is 2. The molecule has 0 heterocycles. The van der Waals surface area contributed by atoms with Gasteiger partial charge in [0.25, 0.3) is 0 Å². The number of rotatable bonds is 5. The predicted molar refractivity (Wildman–Crippen MR) is 61.0 cm³/mol. The van der Waals surface area contributed by atoms with Gasteiger partial charge < -0.3 is 0 Å². The van der Waals surface area contributed by atoms with E-state index in [2.05, 4.69) is 55.9 Å². The summed E-state index contributed by atoms with van der Waals surface area (Å²) < 4.78 is 0. The largest absolute Gasteiger partial charge is 0.255 e. The van der Waals surface area contributed by atoms with Gasteiger partial charge in [0.2, 0.25) is 0 Å². The summed E-state index contributed by atoms with van der Waals surface area (Å²) in [7, 11) is 0. The van der Waals surface area contributed by atoms with E-state index in [4.69, 9.17) is 0 Å². The first-order valence-corrected chi connectivity index (χ1v) is 5.23. The van der Waals surface area contributed by atoms with Crippen molar-refractivity contribution < 1.29 is 0 Å². The van der Waals surface area contributed by atoms with Crippen LogP contribution in [0.15, 0.2) is 30.3 Å². The molecule has 0 aliphatic carbocycles. The van der Waals surface area contributed by atoms with Crippen molar-refractivity contribution in [2.45, 2.75) is 39.3 Å². The van der Waals surface area contributed by atoms with E-state index >= 15 is 0 Å². The zero-order valence-corrected chi connectivity index (χ0v) is 9.25. The molecule has 2 heteroatoms. The molecule has 1 aromatic rings. The second-order valence-corrected chi connectivity index (χ2v) is 4.03. The number of benzene rings is 1. The zero-order chi connectivity index (χ0) is 10.4. The Morgan fingerprint density at radius 3 is 2.21 bits per heavy atom. The lowest BCUT2D eigenvalue weighted by Gasteiger charge is -2.16. The summed E-state index contributed by atoms with van der Waals surface area (Å²) in [6.07, 6.45) is 1.06. The molecule has 0 spiro atoms. The van der Waals surface area contributed by atoms with Crippen LogP contribution in [0, 0.1) is 0 Å². The zero-order valence-electron chi connectivity index (χ0n) is 9.25. The second-order valence-electron chi connectivity index (χ2n) is 4.03. The Bertz CT molecular complexity index is 244. The minimum Gasteiger partial charge on any atom is -0.255 e. The van der Waals surface area contributed by atoms with Crippen molar-refractivity contribution in [3.05, 3.63) is 35.9 Å². The van der Waals surface area contributed by atoms with Crippen LogP contribution in [0.3, 0.4) is 0 Å². The van der Waals surface area contributed by atoms with Gasteiger partial charge in [-0.25, -0.2) is 0 Å². The molecule has 2 nitrogen and oxygen atoms in total. The summed E-state index contributed by atoms with van der Waals surface area (Å²) >= 11 is 0. The van der Waals surface area contributed by atoms with E-state index in [1.54, 1.807) is 0 Å². The first-order valence-electron chi connectivity index (χ1n) is 5.23. The van der Waals surface area contributed by atoms with Gasteiger partial charge in [-0.05, 0) is 32.8 Å². The lowest BCUT2D eigenvalue weighted by Crippen LogP contribution is -2.43. The van der Waals surface area contributed by atoms with Crippen molar-refractivity contribution in [2.75, 3.05) is 0 Å². The second kappa shape index (κ2) is 5.78. The number of nitrogens with one attached hydrogen (secondary N) is 2. The summed E-state index contributed by atoms with van der Waals surface area (Å²) in [5, 5.41) is 0. The van der Waals surface area contributed by atoms with Gasteiger partial charge in [0.15, 0.2) is 0 Å². The SMILES string of the molecule is CC(C)NN[C@@H](C)Cc1ccccc1. The molecule has 0 fully saturated rings. The van der Waals surface area contributed by atoms with Crippen LogP contribution in [0.4, 0.5) is 0 Å². The maximum atomic E-state index is 3.28. The lowest BCUT2D eigenvalue weighted by molar-refractivity contribution is 0.410. The van der Waals surface area contributed by atoms with Gasteiger partial charge in [0, 0.05) is 12.1 Å². The highest BCUT2D eigenvalue weighted by molar-refractivity contribution is 5.15. The van der Waals surface area contributed by atoms with Gasteiger partial charge in [-0.1, -0.05) is 30.3 Å². The fourth-order valence-electron chi connectivity index (χ4n) is 1.33. The third-order valence-corrected chi connectivity index (χ3v) is 2.00. The smallest absolute Gasteiger partial charge is 0.0225 e. The summed E-state index contributed by atoms with van der Waals surface area (Å²) in [6, 6.07) is 11.5. The Balaban J connectivity index is 2.30. The Labute approximate surface area is 86.7 Å². The van der Waals surface area contributed by atoms with Crippen molar-refractivity contribution in [2.24, 2.45) is 0 Å². The Hall–Kier alpha value is -0.860. The molecule has 0 saturated carbocycles. The molecule has 1 aromatic carbocycles. The van der Waals surface area contributed by atoms with Gasteiger partial charge in [-0.3, -0.25) is 10.9 Å². The third-order valence-electron chi connectivity index (χ3n) is 2.00. The van der Waals surface area contributed by atoms with Crippen LogP contribution in [-0.2, 0) is 6.42 Å². The Morgan fingerprint density at radius 1 is 1.00 bits per heavy atom. The summed E-state index contributed by atoms with van der Waals surface area (Å²) in [4.78, 5) is 0. The molecule has 2 N–H and O–H groups in total. The molecule has 0 radical (unpaired) electrons. The highest BCUT2D eigenvalue weighted by atomic mass is 15.4. The first-order chi connectivity index (χ1) is 6.68. The summed E-state index contributed by atoms with van der Waals surface area (Å²) in [6.45, 7) is 6.44. The number of hydrazine groups is 1. The highest BCUT2D eigenvalue weighted by Gasteiger charge is 2.02. The maximum Gasteiger partial charge on any atom is 0.0225 e. The standard InChI is InChI=1S/C12H20N2/c1-10(2)13-14-11(3)9-12-7-5-4-6-8-12/h4-8,10-11,13-14H,9H2,1-3H3/t11-/m0/s1. The molecule has 0 aromatic heterocycles. The Morgan fingerprint density at radius 2 is 1.64 bits per heavy atom. The molecule has 0 aliphatic heterocycles. The van der Waals surface area contributed by atoms with Crippen LogP contribution in [0.25, 0.3) is 0 Å². The average Bonchev–Trinajstić information content (AvgIpc) is 2.16. The molecule has 1 rings (SSSR count). The van der Waals surface area contributed by atoms with Crippen molar-refractivity contribution in [1.29, 1.82) is 0 Å². The summed E-state index contributed by atoms with van der Waals surface area (Å²) in [5.41, 5.74) is 7.87. The van der Waals surface area contributed by atoms with Crippen LogP contribution in [0.5, 0.6) is 0 Å². The molecule has 0 unspecified atom stereocenters. The highest BCUT2D eigenvalue weighted by Crippen LogP contribution is 2.01. The van der Waals surface area contributed by atoms with Gasteiger partial charge in [0.1, 0.15) is 0 Å². The third kappa shape index (κ3) is 4.40. The van der Waals surface area contributed by atoms with Crippen LogP contribution in [-0.4, -0.2) is 12.1 Å². The average molecular weight is 192 g/mol. The van der Waals surface area contributed by atoms with Gasteiger partial charge in [0.05, 0.1) is 0 Å². The monoisotopic (exact) mass is 192 g/mol. The van der Waals surface area contributed by atoms with Crippen molar-refractivity contribution >= 4 is 0 Å². The van der Waals surface area contributed by atoms with Crippen LogP contribution in [0.1, 0.15) is 26.3 Å². The van der Waals surface area contributed by atoms with Crippen molar-refractivity contribution in [3.63, 3.8) is 0 Å². The van der Waals surface area contributed by atoms with Crippen LogP contribution in [0.2, 0.25) is 0 Å². The minimum absolute atomic E-state index is 0.458. The van der Waals surface area contributed by atoms with E-state index in [-0.39, 0.29) is 0 Å². The predicted octanol–water partition coefficient (Wildman–Crippen LogP) is 2.12. The molecule has 0 bridgehead atoms. The molecular weight excluding hydrogens is 172 g/mol. The topological polar surface area (TPSA) is 24.1 Å². The maximum absolute atomic E-state index is 3.28. The van der Waals surface area contributed by atoms with E-state index in [0.29, 0.717) is 12.1 Å². The van der Waals surface area contributed by atoms with E-state index in [9.17, 15) is 0 Å². The van der Waals surface area contributed by atoms with E-state index in [0.717, 1.165) is 6.42 Å². The number of hydrogen-bond donors (Lipinski definition) is 2. The van der Waals surface area contributed by atoms with Gasteiger partial charge >= 0.3 is 0 Å². The summed E-state index contributed by atoms with van der Waals surface area (Å²) in [5.74, 6) is 0. The Kier molecular flexibility index (Phi) is 4.63. The normalized spacial score (nSPS) is 13.1. The van der Waals surface area contributed by atoms with Crippen LogP contribution < -0.4 is 10.9 Å². The molecule has 0 amide bonds. The lowest BCUT2D eigenvalue weighted by atomic mass is 10.1. The van der Waals surface area contributed by atoms with E-state index < -0.39 is 0 Å². The van der Waals surface area contributed by atoms with Crippen LogP contribution >= 0.6 is 0 Å². The molecule has 14 heavy (non-hydrogen) atoms. The quantitative estimate of drug-likeness (QED) is 0.698. The van der Waals surface area contributed by atoms with E-state index in [1.165, 1.54) is 5.56 Å². The fraction of sp³-hybridized carbons (Fsp3) is 0.500. The molecule has 0 saturated heterocycles. The molecular formula is C12H20N2. The molecule has 0 aliphatic rings. The first kappa shape index (κ1) is 11.2. The van der Waals surface area contributed by atoms with Crippen molar-refractivity contribution in [3.8, 4) is 0 Å². The minimum atomic E-state index is 0.458. The van der Waals surface area contributed by atoms with Gasteiger partial charge in [-0.15, -0.1) is 0 Å². The molecule has 78 valence electrons. The van der Waals surface area contributed by atoms with Crippen molar-refractivity contribution in [1.82, 2.24) is 10.9 Å². The van der Waals surface area contributed by atoms with E-state index in [1.807, 2.05) is 6.07 Å². The fourth-order valence-corrected chi connectivity index (χ4v) is 1.33. The van der Waals surface area contributed by atoms with Gasteiger partial charge in [-0.2, -0.15) is 0 Å². The molecule has 1 atom stereocenters.